The lowest BCUT2D eigenvalue weighted by molar-refractivity contribution is 0.288. The molecule has 0 atom stereocenters. The third kappa shape index (κ3) is 4.62. The van der Waals surface area contributed by atoms with Crippen LogP contribution in [0.2, 0.25) is 0 Å². The van der Waals surface area contributed by atoms with Crippen molar-refractivity contribution in [2.45, 2.75) is 13.8 Å². The number of hydrogen-bond donors (Lipinski definition) is 2. The maximum Gasteiger partial charge on any atom is 0.252 e. The van der Waals surface area contributed by atoms with Gasteiger partial charge in [0.25, 0.3) is 5.56 Å². The van der Waals surface area contributed by atoms with Crippen molar-refractivity contribution in [3.05, 3.63) is 58.9 Å². The Kier molecular flexibility index (Phi) is 6.16. The predicted octanol–water partition coefficient (Wildman–Crippen LogP) is 3.99. The lowest BCUT2D eigenvalue weighted by Gasteiger charge is -2.13. The highest BCUT2D eigenvalue weighted by Crippen LogP contribution is 2.31. The van der Waals surface area contributed by atoms with Gasteiger partial charge in [-0.3, -0.25) is 9.78 Å². The predicted molar refractivity (Wildman–Crippen MR) is 109 cm³/mol. The van der Waals surface area contributed by atoms with Gasteiger partial charge in [0.1, 0.15) is 5.75 Å². The van der Waals surface area contributed by atoms with Crippen LogP contribution in [0, 0.1) is 0 Å². The molecule has 0 unspecified atom stereocenters. The number of benzene rings is 2. The van der Waals surface area contributed by atoms with Gasteiger partial charge in [-0.2, -0.15) is 0 Å². The Morgan fingerprint density at radius 1 is 0.964 bits per heavy atom. The Labute approximate surface area is 163 Å². The van der Waals surface area contributed by atoms with Gasteiger partial charge in [0.05, 0.1) is 26.0 Å². The van der Waals surface area contributed by atoms with Crippen LogP contribution in [-0.4, -0.2) is 30.3 Å². The Bertz CT molecular complexity index is 984. The Hall–Kier alpha value is -3.48. The first-order valence-electron chi connectivity index (χ1n) is 9.05. The minimum absolute atomic E-state index is 0.251. The van der Waals surface area contributed by atoms with Crippen molar-refractivity contribution in [1.82, 2.24) is 9.97 Å². The van der Waals surface area contributed by atoms with E-state index in [0.29, 0.717) is 36.4 Å². The molecule has 0 aliphatic heterocycles. The number of H-pyrrole nitrogens is 1. The van der Waals surface area contributed by atoms with E-state index >= 15 is 0 Å². The summed E-state index contributed by atoms with van der Waals surface area (Å²) in [6.45, 7) is 4.89. The molecule has 2 N–H and O–H groups in total. The summed E-state index contributed by atoms with van der Waals surface area (Å²) in [6, 6.07) is 14.3. The van der Waals surface area contributed by atoms with E-state index in [0.717, 1.165) is 17.0 Å². The zero-order chi connectivity index (χ0) is 19.9. The normalized spacial score (nSPS) is 10.4. The van der Waals surface area contributed by atoms with Gasteiger partial charge < -0.3 is 19.5 Å². The lowest BCUT2D eigenvalue weighted by atomic mass is 10.1. The fourth-order valence-corrected chi connectivity index (χ4v) is 2.69. The molecule has 0 saturated carbocycles. The third-order valence-corrected chi connectivity index (χ3v) is 3.93. The molecular weight excluding hydrogens is 358 g/mol. The molecule has 0 saturated heterocycles. The molecule has 0 amide bonds. The van der Waals surface area contributed by atoms with E-state index in [1.165, 1.54) is 6.07 Å². The van der Waals surface area contributed by atoms with E-state index < -0.39 is 0 Å². The second-order valence-corrected chi connectivity index (χ2v) is 5.86. The highest BCUT2D eigenvalue weighted by molar-refractivity contribution is 5.64. The SMILES string of the molecule is CCOc1ccc(Nc2nc(-c3ccc(OC)cc3)cc(=O)[nH]2)cc1OCC. The number of anilines is 2. The summed E-state index contributed by atoms with van der Waals surface area (Å²) >= 11 is 0. The zero-order valence-electron chi connectivity index (χ0n) is 16.1. The molecule has 0 bridgehead atoms. The van der Waals surface area contributed by atoms with E-state index in [1.807, 2.05) is 56.3 Å². The highest BCUT2D eigenvalue weighted by atomic mass is 16.5. The first-order valence-corrected chi connectivity index (χ1v) is 9.05. The second kappa shape index (κ2) is 8.94. The average molecular weight is 381 g/mol. The van der Waals surface area contributed by atoms with Gasteiger partial charge in [-0.05, 0) is 50.2 Å². The highest BCUT2D eigenvalue weighted by Gasteiger charge is 2.09. The molecule has 1 heterocycles. The molecule has 146 valence electrons. The molecule has 3 aromatic rings. The van der Waals surface area contributed by atoms with Crippen molar-refractivity contribution in [2.24, 2.45) is 0 Å². The van der Waals surface area contributed by atoms with Crippen molar-refractivity contribution in [1.29, 1.82) is 0 Å². The summed E-state index contributed by atoms with van der Waals surface area (Å²) in [7, 11) is 1.61. The molecule has 0 fully saturated rings. The molecule has 0 aliphatic carbocycles. The van der Waals surface area contributed by atoms with Crippen LogP contribution in [0.5, 0.6) is 17.2 Å². The number of hydrogen-bond acceptors (Lipinski definition) is 6. The van der Waals surface area contributed by atoms with Gasteiger partial charge in [-0.15, -0.1) is 0 Å². The number of nitrogens with zero attached hydrogens (tertiary/aromatic N) is 1. The summed E-state index contributed by atoms with van der Waals surface area (Å²) in [6.07, 6.45) is 0. The standard InChI is InChI=1S/C21H23N3O4/c1-4-27-18-11-8-15(12-19(18)28-5-2)22-21-23-17(13-20(25)24-21)14-6-9-16(26-3)10-7-14/h6-13H,4-5H2,1-3H3,(H2,22,23,24,25). The molecule has 7 heteroatoms. The van der Waals surface area contributed by atoms with Crippen molar-refractivity contribution in [3.63, 3.8) is 0 Å². The summed E-state index contributed by atoms with van der Waals surface area (Å²) in [5, 5.41) is 3.12. The van der Waals surface area contributed by atoms with E-state index in [1.54, 1.807) is 7.11 Å². The topological polar surface area (TPSA) is 85.5 Å². The van der Waals surface area contributed by atoms with Gasteiger partial charge in [0, 0.05) is 23.4 Å². The molecule has 0 spiro atoms. The number of methoxy groups -OCH3 is 1. The van der Waals surface area contributed by atoms with Crippen LogP contribution < -0.4 is 25.1 Å². The molecule has 28 heavy (non-hydrogen) atoms. The molecule has 0 radical (unpaired) electrons. The van der Waals surface area contributed by atoms with Crippen molar-refractivity contribution >= 4 is 11.6 Å². The third-order valence-electron chi connectivity index (χ3n) is 3.93. The van der Waals surface area contributed by atoms with Crippen molar-refractivity contribution in [2.75, 3.05) is 25.6 Å². The minimum Gasteiger partial charge on any atom is -0.497 e. The van der Waals surface area contributed by atoms with Gasteiger partial charge in [0.15, 0.2) is 11.5 Å². The monoisotopic (exact) mass is 381 g/mol. The number of ether oxygens (including phenoxy) is 3. The smallest absolute Gasteiger partial charge is 0.252 e. The Morgan fingerprint density at radius 2 is 1.68 bits per heavy atom. The second-order valence-electron chi connectivity index (χ2n) is 5.86. The molecule has 2 aromatic carbocycles. The Balaban J connectivity index is 1.89. The molecule has 3 rings (SSSR count). The quantitative estimate of drug-likeness (QED) is 0.614. The van der Waals surface area contributed by atoms with Crippen LogP contribution in [0.25, 0.3) is 11.3 Å². The van der Waals surface area contributed by atoms with Gasteiger partial charge in [-0.1, -0.05) is 0 Å². The average Bonchev–Trinajstić information content (AvgIpc) is 2.70. The first-order chi connectivity index (χ1) is 13.6. The first kappa shape index (κ1) is 19.3. The molecular formula is C21H23N3O4. The maximum absolute atomic E-state index is 12.1. The van der Waals surface area contributed by atoms with Crippen LogP contribution in [-0.2, 0) is 0 Å². The van der Waals surface area contributed by atoms with Crippen LogP contribution in [0.15, 0.2) is 53.3 Å². The fourth-order valence-electron chi connectivity index (χ4n) is 2.69. The zero-order valence-corrected chi connectivity index (χ0v) is 16.1. The maximum atomic E-state index is 12.1. The number of nitrogens with one attached hydrogen (secondary N) is 2. The molecule has 0 aliphatic rings. The van der Waals surface area contributed by atoms with Crippen LogP contribution in [0.4, 0.5) is 11.6 Å². The van der Waals surface area contributed by atoms with Gasteiger partial charge in [0.2, 0.25) is 5.95 Å². The molecule has 1 aromatic heterocycles. The summed E-state index contributed by atoms with van der Waals surface area (Å²) < 4.78 is 16.4. The van der Waals surface area contributed by atoms with Crippen molar-refractivity contribution in [3.8, 4) is 28.5 Å². The van der Waals surface area contributed by atoms with Gasteiger partial charge >= 0.3 is 0 Å². The number of aromatic amines is 1. The van der Waals surface area contributed by atoms with Crippen LogP contribution in [0.3, 0.4) is 0 Å². The lowest BCUT2D eigenvalue weighted by Crippen LogP contribution is -2.10. The van der Waals surface area contributed by atoms with Crippen LogP contribution >= 0.6 is 0 Å². The number of rotatable bonds is 8. The minimum atomic E-state index is -0.251. The van der Waals surface area contributed by atoms with E-state index in [2.05, 4.69) is 15.3 Å². The van der Waals surface area contributed by atoms with E-state index in [-0.39, 0.29) is 5.56 Å². The van der Waals surface area contributed by atoms with Crippen molar-refractivity contribution < 1.29 is 14.2 Å². The summed E-state index contributed by atoms with van der Waals surface area (Å²) in [5.74, 6) is 2.38. The van der Waals surface area contributed by atoms with Gasteiger partial charge in [-0.25, -0.2) is 4.98 Å². The summed E-state index contributed by atoms with van der Waals surface area (Å²) in [4.78, 5) is 19.3. The Morgan fingerprint density at radius 3 is 2.36 bits per heavy atom. The van der Waals surface area contributed by atoms with E-state index in [9.17, 15) is 4.79 Å². The number of aromatic nitrogens is 2. The fraction of sp³-hybridized carbons (Fsp3) is 0.238. The molecule has 7 nitrogen and oxygen atoms in total. The summed E-state index contributed by atoms with van der Waals surface area (Å²) in [5.41, 5.74) is 1.85. The van der Waals surface area contributed by atoms with Crippen LogP contribution in [0.1, 0.15) is 13.8 Å². The van der Waals surface area contributed by atoms with E-state index in [4.69, 9.17) is 14.2 Å². The largest absolute Gasteiger partial charge is 0.497 e.